The van der Waals surface area contributed by atoms with Crippen molar-refractivity contribution in [2.75, 3.05) is 6.61 Å². The van der Waals surface area contributed by atoms with E-state index in [-0.39, 0.29) is 5.46 Å². The van der Waals surface area contributed by atoms with Gasteiger partial charge in [0, 0.05) is 5.46 Å². The Hall–Kier alpha value is -1.07. The van der Waals surface area contributed by atoms with Crippen molar-refractivity contribution in [1.29, 1.82) is 0 Å². The van der Waals surface area contributed by atoms with Crippen LogP contribution in [0.15, 0.2) is 18.2 Å². The molecule has 0 aliphatic carbocycles. The van der Waals surface area contributed by atoms with E-state index in [2.05, 4.69) is 6.92 Å². The van der Waals surface area contributed by atoms with Crippen LogP contribution in [0.3, 0.4) is 0 Å². The zero-order valence-electron chi connectivity index (χ0n) is 11.4. The van der Waals surface area contributed by atoms with Crippen LogP contribution in [0.2, 0.25) is 0 Å². The Morgan fingerprint density at radius 1 is 1.11 bits per heavy atom. The summed E-state index contributed by atoms with van der Waals surface area (Å²) in [7, 11) is -1.71. The van der Waals surface area contributed by atoms with E-state index in [9.17, 15) is 4.39 Å². The minimum atomic E-state index is -1.71. The Morgan fingerprint density at radius 2 is 1.79 bits per heavy atom. The lowest BCUT2D eigenvalue weighted by molar-refractivity contribution is 0.304. The van der Waals surface area contributed by atoms with Crippen molar-refractivity contribution >= 4 is 12.6 Å². The van der Waals surface area contributed by atoms with Crippen molar-refractivity contribution in [1.82, 2.24) is 0 Å². The average Bonchev–Trinajstić information content (AvgIpc) is 2.39. The Morgan fingerprint density at radius 3 is 2.47 bits per heavy atom. The number of hydrogen-bond donors (Lipinski definition) is 2. The molecular weight excluding hydrogens is 246 g/mol. The van der Waals surface area contributed by atoms with E-state index >= 15 is 0 Å². The summed E-state index contributed by atoms with van der Waals surface area (Å²) in [5.74, 6) is -0.167. The molecule has 106 valence electrons. The predicted octanol–water partition coefficient (Wildman–Crippen LogP) is 2.24. The topological polar surface area (TPSA) is 49.7 Å². The van der Waals surface area contributed by atoms with E-state index < -0.39 is 12.9 Å². The maximum Gasteiger partial charge on any atom is 0.492 e. The smallest absolute Gasteiger partial charge is 0.492 e. The minimum Gasteiger partial charge on any atom is -0.494 e. The second-order valence-corrected chi connectivity index (χ2v) is 4.67. The van der Waals surface area contributed by atoms with Crippen LogP contribution < -0.4 is 10.2 Å². The van der Waals surface area contributed by atoms with Gasteiger partial charge >= 0.3 is 7.12 Å². The number of benzene rings is 1. The molecule has 1 aromatic carbocycles. The quantitative estimate of drug-likeness (QED) is 0.533. The molecule has 0 aliphatic heterocycles. The molecular formula is C14H22BFO3. The standard InChI is InChI=1S/C14H22BFO3/c1-2-3-4-5-6-7-10-19-14-9-8-12(16)11-13(14)15(17)18/h8-9,11,17-18H,2-7,10H2,1H3. The lowest BCUT2D eigenvalue weighted by atomic mass is 9.79. The van der Waals surface area contributed by atoms with Gasteiger partial charge in [0.05, 0.1) is 6.61 Å². The third-order valence-corrected chi connectivity index (χ3v) is 3.01. The molecule has 5 heteroatoms. The van der Waals surface area contributed by atoms with Gasteiger partial charge in [0.1, 0.15) is 11.6 Å². The molecule has 0 aromatic heterocycles. The average molecular weight is 268 g/mol. The van der Waals surface area contributed by atoms with Gasteiger partial charge in [0.2, 0.25) is 0 Å². The van der Waals surface area contributed by atoms with Crippen molar-refractivity contribution in [3.63, 3.8) is 0 Å². The van der Waals surface area contributed by atoms with Crippen LogP contribution in [-0.2, 0) is 0 Å². The zero-order chi connectivity index (χ0) is 14.1. The molecule has 0 amide bonds. The van der Waals surface area contributed by atoms with Gasteiger partial charge in [-0.2, -0.15) is 0 Å². The molecule has 0 unspecified atom stereocenters. The van der Waals surface area contributed by atoms with Crippen molar-refractivity contribution < 1.29 is 19.2 Å². The van der Waals surface area contributed by atoms with Crippen LogP contribution in [0.5, 0.6) is 5.75 Å². The molecule has 0 radical (unpaired) electrons. The summed E-state index contributed by atoms with van der Waals surface area (Å²) < 4.78 is 18.5. The number of halogens is 1. The highest BCUT2D eigenvalue weighted by atomic mass is 19.1. The zero-order valence-corrected chi connectivity index (χ0v) is 11.4. The molecule has 19 heavy (non-hydrogen) atoms. The predicted molar refractivity (Wildman–Crippen MR) is 75.1 cm³/mol. The van der Waals surface area contributed by atoms with Gasteiger partial charge in [0.25, 0.3) is 0 Å². The second-order valence-electron chi connectivity index (χ2n) is 4.67. The highest BCUT2D eigenvalue weighted by molar-refractivity contribution is 6.59. The molecule has 0 heterocycles. The highest BCUT2D eigenvalue weighted by Gasteiger charge is 2.17. The van der Waals surface area contributed by atoms with Gasteiger partial charge < -0.3 is 14.8 Å². The monoisotopic (exact) mass is 268 g/mol. The molecule has 0 bridgehead atoms. The molecule has 1 rings (SSSR count). The summed E-state index contributed by atoms with van der Waals surface area (Å²) in [5.41, 5.74) is 0.0750. The fourth-order valence-electron chi connectivity index (χ4n) is 1.92. The first-order valence-electron chi connectivity index (χ1n) is 6.93. The van der Waals surface area contributed by atoms with Crippen LogP contribution in [0.4, 0.5) is 4.39 Å². The largest absolute Gasteiger partial charge is 0.494 e. The lowest BCUT2D eigenvalue weighted by Crippen LogP contribution is -2.32. The molecule has 0 saturated carbocycles. The van der Waals surface area contributed by atoms with Crippen LogP contribution >= 0.6 is 0 Å². The summed E-state index contributed by atoms with van der Waals surface area (Å²) in [6.45, 7) is 2.69. The Balaban J connectivity index is 2.33. The third kappa shape index (κ3) is 6.08. The molecule has 0 fully saturated rings. The van der Waals surface area contributed by atoms with Crippen molar-refractivity contribution in [3.8, 4) is 5.75 Å². The van der Waals surface area contributed by atoms with Crippen LogP contribution in [-0.4, -0.2) is 23.8 Å². The molecule has 0 aliphatic rings. The van der Waals surface area contributed by atoms with Gasteiger partial charge in [0.15, 0.2) is 0 Å². The molecule has 2 N–H and O–H groups in total. The molecule has 3 nitrogen and oxygen atoms in total. The Kier molecular flexibility index (Phi) is 7.52. The normalized spacial score (nSPS) is 10.5. The molecule has 0 saturated heterocycles. The molecule has 1 aromatic rings. The molecule has 0 atom stereocenters. The van der Waals surface area contributed by atoms with Gasteiger partial charge in [-0.05, 0) is 24.6 Å². The van der Waals surface area contributed by atoms with Gasteiger partial charge in [-0.1, -0.05) is 39.0 Å². The minimum absolute atomic E-state index is 0.0750. The summed E-state index contributed by atoms with van der Waals surface area (Å²) in [6.07, 6.45) is 6.94. The third-order valence-electron chi connectivity index (χ3n) is 3.01. The summed E-state index contributed by atoms with van der Waals surface area (Å²) >= 11 is 0. The van der Waals surface area contributed by atoms with Gasteiger partial charge in [-0.3, -0.25) is 0 Å². The first kappa shape index (κ1) is 16.0. The summed E-state index contributed by atoms with van der Waals surface area (Å²) in [4.78, 5) is 0. The van der Waals surface area contributed by atoms with Crippen molar-refractivity contribution in [3.05, 3.63) is 24.0 Å². The summed E-state index contributed by atoms with van der Waals surface area (Å²) in [6, 6.07) is 3.77. The number of unbranched alkanes of at least 4 members (excludes halogenated alkanes) is 5. The number of rotatable bonds is 9. The summed E-state index contributed by atoms with van der Waals surface area (Å²) in [5, 5.41) is 18.3. The SMILES string of the molecule is CCCCCCCCOc1ccc(F)cc1B(O)O. The van der Waals surface area contributed by atoms with E-state index in [1.54, 1.807) is 0 Å². The van der Waals surface area contributed by atoms with Crippen LogP contribution in [0.1, 0.15) is 45.4 Å². The van der Waals surface area contributed by atoms with E-state index in [0.717, 1.165) is 18.9 Å². The van der Waals surface area contributed by atoms with Gasteiger partial charge in [-0.25, -0.2) is 4.39 Å². The van der Waals surface area contributed by atoms with Crippen LogP contribution in [0.25, 0.3) is 0 Å². The fraction of sp³-hybridized carbons (Fsp3) is 0.571. The van der Waals surface area contributed by atoms with E-state index in [1.165, 1.54) is 37.8 Å². The van der Waals surface area contributed by atoms with E-state index in [0.29, 0.717) is 12.4 Å². The van der Waals surface area contributed by atoms with Crippen molar-refractivity contribution in [2.24, 2.45) is 0 Å². The van der Waals surface area contributed by atoms with Crippen molar-refractivity contribution in [2.45, 2.75) is 45.4 Å². The second kappa shape index (κ2) is 8.94. The van der Waals surface area contributed by atoms with E-state index in [4.69, 9.17) is 14.8 Å². The van der Waals surface area contributed by atoms with E-state index in [1.807, 2.05) is 0 Å². The Bertz CT molecular complexity index is 372. The fourth-order valence-corrected chi connectivity index (χ4v) is 1.92. The highest BCUT2D eigenvalue weighted by Crippen LogP contribution is 2.11. The maximum atomic E-state index is 13.0. The number of ether oxygens (including phenoxy) is 1. The first-order valence-corrected chi connectivity index (χ1v) is 6.93. The lowest BCUT2D eigenvalue weighted by Gasteiger charge is -2.11. The molecule has 0 spiro atoms. The first-order chi connectivity index (χ1) is 9.15. The van der Waals surface area contributed by atoms with Crippen LogP contribution in [0, 0.1) is 5.82 Å². The Labute approximate surface area is 114 Å². The number of hydrogen-bond acceptors (Lipinski definition) is 3. The van der Waals surface area contributed by atoms with Gasteiger partial charge in [-0.15, -0.1) is 0 Å². The maximum absolute atomic E-state index is 13.0.